The monoisotopic (exact) mass is 362 g/mol. The Hall–Kier alpha value is -3.02. The lowest BCUT2D eigenvalue weighted by Gasteiger charge is -2.32. The maximum Gasteiger partial charge on any atom is 0.228 e. The number of nitrogens with zero attached hydrogens (tertiary/aromatic N) is 4. The van der Waals surface area contributed by atoms with E-state index >= 15 is 0 Å². The van der Waals surface area contributed by atoms with Crippen LogP contribution in [0.1, 0.15) is 34.6 Å². The first kappa shape index (κ1) is 17.4. The van der Waals surface area contributed by atoms with Crippen molar-refractivity contribution in [2.24, 2.45) is 5.92 Å². The zero-order valence-electron chi connectivity index (χ0n) is 15.3. The van der Waals surface area contributed by atoms with Gasteiger partial charge >= 0.3 is 0 Å². The molecule has 0 bridgehead atoms. The Morgan fingerprint density at radius 1 is 1.19 bits per heavy atom. The molecule has 0 N–H and O–H groups in total. The lowest BCUT2D eigenvalue weighted by atomic mass is 9.91. The number of aromatic nitrogens is 3. The second-order valence-corrected chi connectivity index (χ2v) is 7.07. The van der Waals surface area contributed by atoms with Crippen molar-refractivity contribution in [2.45, 2.75) is 26.2 Å². The van der Waals surface area contributed by atoms with E-state index in [-0.39, 0.29) is 24.0 Å². The van der Waals surface area contributed by atoms with Crippen molar-refractivity contribution in [1.82, 2.24) is 19.3 Å². The Bertz CT molecular complexity index is 980. The van der Waals surface area contributed by atoms with Crippen LogP contribution in [0.3, 0.4) is 0 Å². The van der Waals surface area contributed by atoms with E-state index in [9.17, 15) is 9.59 Å². The number of imidazole rings is 1. The Kier molecular flexibility index (Phi) is 4.71. The summed E-state index contributed by atoms with van der Waals surface area (Å²) >= 11 is 0. The second-order valence-electron chi connectivity index (χ2n) is 7.07. The zero-order chi connectivity index (χ0) is 18.8. The van der Waals surface area contributed by atoms with Gasteiger partial charge in [0.05, 0.1) is 12.1 Å². The zero-order valence-corrected chi connectivity index (χ0v) is 15.3. The van der Waals surface area contributed by atoms with Gasteiger partial charge in [-0.25, -0.2) is 4.98 Å². The number of likely N-dealkylation sites (tertiary alicyclic amines) is 1. The maximum absolute atomic E-state index is 12.9. The SMILES string of the molecule is Cc1cccn2c(CC(=O)N3CCCC(C(=O)c4ccccn4)C3)cnc12. The Labute approximate surface area is 157 Å². The predicted molar refractivity (Wildman–Crippen MR) is 102 cm³/mol. The molecule has 1 unspecified atom stereocenters. The highest BCUT2D eigenvalue weighted by Gasteiger charge is 2.29. The van der Waals surface area contributed by atoms with E-state index in [0.717, 1.165) is 29.7 Å². The van der Waals surface area contributed by atoms with Crippen LogP contribution in [0, 0.1) is 12.8 Å². The molecule has 1 aliphatic rings. The van der Waals surface area contributed by atoms with E-state index < -0.39 is 0 Å². The number of hydrogen-bond acceptors (Lipinski definition) is 4. The molecule has 0 aliphatic carbocycles. The molecule has 0 saturated carbocycles. The first-order valence-electron chi connectivity index (χ1n) is 9.28. The predicted octanol–water partition coefficient (Wildman–Crippen LogP) is 2.70. The first-order valence-corrected chi connectivity index (χ1v) is 9.28. The number of rotatable bonds is 4. The van der Waals surface area contributed by atoms with Crippen molar-refractivity contribution < 1.29 is 9.59 Å². The van der Waals surface area contributed by atoms with Crippen molar-refractivity contribution in [3.63, 3.8) is 0 Å². The highest BCUT2D eigenvalue weighted by atomic mass is 16.2. The van der Waals surface area contributed by atoms with Crippen LogP contribution in [0.25, 0.3) is 5.65 Å². The average Bonchev–Trinajstić information content (AvgIpc) is 3.12. The van der Waals surface area contributed by atoms with E-state index in [1.165, 1.54) is 0 Å². The summed E-state index contributed by atoms with van der Waals surface area (Å²) in [6, 6.07) is 9.32. The summed E-state index contributed by atoms with van der Waals surface area (Å²) in [6.45, 7) is 3.16. The summed E-state index contributed by atoms with van der Waals surface area (Å²) < 4.78 is 1.97. The molecule has 1 amide bonds. The number of carbonyl (C=O) groups is 2. The lowest BCUT2D eigenvalue weighted by Crippen LogP contribution is -2.43. The van der Waals surface area contributed by atoms with Gasteiger partial charge in [-0.15, -0.1) is 0 Å². The summed E-state index contributed by atoms with van der Waals surface area (Å²) in [5.74, 6) is -0.114. The van der Waals surface area contributed by atoms with Crippen LogP contribution in [-0.4, -0.2) is 44.0 Å². The van der Waals surface area contributed by atoms with E-state index in [0.29, 0.717) is 18.8 Å². The molecule has 1 atom stereocenters. The largest absolute Gasteiger partial charge is 0.342 e. The van der Waals surface area contributed by atoms with Gasteiger partial charge < -0.3 is 9.30 Å². The molecule has 0 spiro atoms. The molecule has 1 aliphatic heterocycles. The number of fused-ring (bicyclic) bond motifs is 1. The molecule has 0 aromatic carbocycles. The molecule has 27 heavy (non-hydrogen) atoms. The molecular weight excluding hydrogens is 340 g/mol. The highest BCUT2D eigenvalue weighted by molar-refractivity contribution is 5.96. The molecule has 1 fully saturated rings. The normalized spacial score (nSPS) is 17.2. The summed E-state index contributed by atoms with van der Waals surface area (Å²) in [5.41, 5.74) is 3.31. The smallest absolute Gasteiger partial charge is 0.228 e. The van der Waals surface area contributed by atoms with Crippen molar-refractivity contribution in [1.29, 1.82) is 0 Å². The van der Waals surface area contributed by atoms with Gasteiger partial charge in [0.2, 0.25) is 5.91 Å². The number of hydrogen-bond donors (Lipinski definition) is 0. The number of pyridine rings is 2. The minimum Gasteiger partial charge on any atom is -0.342 e. The Morgan fingerprint density at radius 2 is 2.07 bits per heavy atom. The van der Waals surface area contributed by atoms with Crippen LogP contribution in [-0.2, 0) is 11.2 Å². The number of carbonyl (C=O) groups excluding carboxylic acids is 2. The first-order chi connectivity index (χ1) is 13.1. The van der Waals surface area contributed by atoms with Crippen molar-refractivity contribution >= 4 is 17.3 Å². The van der Waals surface area contributed by atoms with Crippen molar-refractivity contribution in [2.75, 3.05) is 13.1 Å². The van der Waals surface area contributed by atoms with Crippen LogP contribution in [0.4, 0.5) is 0 Å². The van der Waals surface area contributed by atoms with E-state index in [4.69, 9.17) is 0 Å². The third kappa shape index (κ3) is 3.47. The Balaban J connectivity index is 1.47. The van der Waals surface area contributed by atoms with E-state index in [1.807, 2.05) is 40.6 Å². The third-order valence-corrected chi connectivity index (χ3v) is 5.20. The molecule has 6 nitrogen and oxygen atoms in total. The van der Waals surface area contributed by atoms with Gasteiger partial charge in [-0.3, -0.25) is 14.6 Å². The molecular formula is C21H22N4O2. The Morgan fingerprint density at radius 3 is 2.89 bits per heavy atom. The van der Waals surface area contributed by atoms with Crippen molar-refractivity contribution in [3.8, 4) is 0 Å². The number of ketones is 1. The summed E-state index contributed by atoms with van der Waals surface area (Å²) in [4.78, 5) is 35.9. The number of aryl methyl sites for hydroxylation is 1. The van der Waals surface area contributed by atoms with Gasteiger partial charge in [0.25, 0.3) is 0 Å². The molecule has 0 radical (unpaired) electrons. The van der Waals surface area contributed by atoms with Gasteiger partial charge in [-0.05, 0) is 43.5 Å². The summed E-state index contributed by atoms with van der Waals surface area (Å²) in [7, 11) is 0. The van der Waals surface area contributed by atoms with Crippen LogP contribution < -0.4 is 0 Å². The fourth-order valence-electron chi connectivity index (χ4n) is 3.74. The van der Waals surface area contributed by atoms with Crippen LogP contribution in [0.15, 0.2) is 48.9 Å². The van der Waals surface area contributed by atoms with E-state index in [1.54, 1.807) is 24.5 Å². The fourth-order valence-corrected chi connectivity index (χ4v) is 3.74. The van der Waals surface area contributed by atoms with Crippen LogP contribution in [0.5, 0.6) is 0 Å². The minimum absolute atomic E-state index is 0.0264. The van der Waals surface area contributed by atoms with Crippen LogP contribution >= 0.6 is 0 Å². The molecule has 4 rings (SSSR count). The minimum atomic E-state index is -0.179. The molecule has 4 heterocycles. The number of Topliss-reactive ketones (excluding diaryl/α,β-unsaturated/α-hetero) is 1. The maximum atomic E-state index is 12.9. The summed E-state index contributed by atoms with van der Waals surface area (Å²) in [6.07, 6.45) is 7.25. The van der Waals surface area contributed by atoms with Crippen molar-refractivity contribution in [3.05, 3.63) is 65.9 Å². The lowest BCUT2D eigenvalue weighted by molar-refractivity contribution is -0.131. The third-order valence-electron chi connectivity index (χ3n) is 5.20. The van der Waals surface area contributed by atoms with Gasteiger partial charge in [0, 0.05) is 37.6 Å². The standard InChI is InChI=1S/C21H22N4O2/c1-15-6-4-11-25-17(13-23-21(15)25)12-19(26)24-10-5-7-16(14-24)20(27)18-8-2-3-9-22-18/h2-4,6,8-9,11,13,16H,5,7,10,12,14H2,1H3. The van der Waals surface area contributed by atoms with Gasteiger partial charge in [-0.2, -0.15) is 0 Å². The number of amides is 1. The quantitative estimate of drug-likeness (QED) is 0.669. The molecule has 3 aromatic heterocycles. The molecule has 1 saturated heterocycles. The molecule has 138 valence electrons. The molecule has 6 heteroatoms. The highest BCUT2D eigenvalue weighted by Crippen LogP contribution is 2.21. The second kappa shape index (κ2) is 7.31. The van der Waals surface area contributed by atoms with E-state index in [2.05, 4.69) is 9.97 Å². The fraction of sp³-hybridized carbons (Fsp3) is 0.333. The number of piperidine rings is 1. The average molecular weight is 362 g/mol. The summed E-state index contributed by atoms with van der Waals surface area (Å²) in [5, 5.41) is 0. The van der Waals surface area contributed by atoms with Gasteiger partial charge in [0.1, 0.15) is 11.3 Å². The van der Waals surface area contributed by atoms with Crippen LogP contribution in [0.2, 0.25) is 0 Å². The molecule has 3 aromatic rings. The van der Waals surface area contributed by atoms with Gasteiger partial charge in [0.15, 0.2) is 5.78 Å². The van der Waals surface area contributed by atoms with Gasteiger partial charge in [-0.1, -0.05) is 12.1 Å². The topological polar surface area (TPSA) is 67.6 Å².